The highest BCUT2D eigenvalue weighted by molar-refractivity contribution is 6.13. The fourth-order valence-electron chi connectivity index (χ4n) is 6.05. The number of hydrogen-bond donors (Lipinski definition) is 1. The lowest BCUT2D eigenvalue weighted by molar-refractivity contribution is 0.671. The number of nitrogens with one attached hydrogen (secondary N) is 1. The SMILES string of the molecule is c1ccc(-c2ccc(Nc3ccc(-c4cccc(-c5cccc6c5oc5c(-c7ccccc7)cccc56)c4)cc3)cc2)cc1. The van der Waals surface area contributed by atoms with E-state index in [-0.39, 0.29) is 0 Å². The van der Waals surface area contributed by atoms with Gasteiger partial charge in [-0.25, -0.2) is 0 Å². The van der Waals surface area contributed by atoms with Crippen LogP contribution in [-0.4, -0.2) is 0 Å². The molecule has 0 saturated carbocycles. The molecule has 0 atom stereocenters. The summed E-state index contributed by atoms with van der Waals surface area (Å²) < 4.78 is 6.67. The van der Waals surface area contributed by atoms with Gasteiger partial charge in [0.15, 0.2) is 0 Å². The summed E-state index contributed by atoms with van der Waals surface area (Å²) in [5, 5.41) is 5.80. The van der Waals surface area contributed by atoms with E-state index < -0.39 is 0 Å². The number of fused-ring (bicyclic) bond motifs is 3. The van der Waals surface area contributed by atoms with Crippen molar-refractivity contribution >= 4 is 33.3 Å². The Hall–Kier alpha value is -5.86. The fraction of sp³-hybridized carbons (Fsp3) is 0. The van der Waals surface area contributed by atoms with Crippen molar-refractivity contribution in [3.8, 4) is 44.5 Å². The maximum atomic E-state index is 6.67. The molecule has 7 aromatic carbocycles. The molecule has 0 fully saturated rings. The average Bonchev–Trinajstić information content (AvgIpc) is 3.49. The highest BCUT2D eigenvalue weighted by Crippen LogP contribution is 2.40. The molecule has 0 unspecified atom stereocenters. The Balaban J connectivity index is 1.08. The maximum absolute atomic E-state index is 6.67. The van der Waals surface area contributed by atoms with Gasteiger partial charge in [-0.05, 0) is 63.7 Å². The van der Waals surface area contributed by atoms with Crippen molar-refractivity contribution in [3.63, 3.8) is 0 Å². The third-order valence-corrected chi connectivity index (χ3v) is 8.28. The van der Waals surface area contributed by atoms with Gasteiger partial charge < -0.3 is 9.73 Å². The molecule has 0 aliphatic carbocycles. The molecular weight excluding hydrogens is 534 g/mol. The number of anilines is 2. The summed E-state index contributed by atoms with van der Waals surface area (Å²) >= 11 is 0. The number of rotatable bonds is 6. The van der Waals surface area contributed by atoms with Gasteiger partial charge in [-0.1, -0.05) is 140 Å². The minimum Gasteiger partial charge on any atom is -0.455 e. The van der Waals surface area contributed by atoms with Crippen molar-refractivity contribution in [2.45, 2.75) is 0 Å². The topological polar surface area (TPSA) is 25.2 Å². The molecule has 2 nitrogen and oxygen atoms in total. The van der Waals surface area contributed by atoms with E-state index in [1.807, 2.05) is 12.1 Å². The van der Waals surface area contributed by atoms with Crippen LogP contribution >= 0.6 is 0 Å². The Morgan fingerprint density at radius 2 is 0.750 bits per heavy atom. The van der Waals surface area contributed by atoms with Crippen LogP contribution in [0, 0.1) is 0 Å². The number of furan rings is 1. The predicted octanol–water partition coefficient (Wildman–Crippen LogP) is 12.0. The number of para-hydroxylation sites is 2. The zero-order valence-electron chi connectivity index (χ0n) is 24.1. The standard InChI is InChI=1S/C42H29NO/c1-3-10-29(11-4-1)30-20-24-35(25-21-30)43-36-26-22-31(23-27-36)33-14-7-15-34(28-33)38-17-9-19-40-39-18-8-16-37(41(39)44-42(38)40)32-12-5-2-6-13-32/h1-28,43H. The zero-order valence-corrected chi connectivity index (χ0v) is 24.1. The summed E-state index contributed by atoms with van der Waals surface area (Å²) in [4.78, 5) is 0. The predicted molar refractivity (Wildman–Crippen MR) is 185 cm³/mol. The minimum absolute atomic E-state index is 0.917. The molecule has 1 N–H and O–H groups in total. The van der Waals surface area contributed by atoms with E-state index >= 15 is 0 Å². The molecule has 0 saturated heterocycles. The van der Waals surface area contributed by atoms with Crippen molar-refractivity contribution in [2.24, 2.45) is 0 Å². The van der Waals surface area contributed by atoms with E-state index in [1.54, 1.807) is 0 Å². The molecule has 2 heteroatoms. The molecule has 0 bridgehead atoms. The summed E-state index contributed by atoms with van der Waals surface area (Å²) in [5.41, 5.74) is 13.2. The number of benzene rings is 7. The summed E-state index contributed by atoms with van der Waals surface area (Å²) in [6, 6.07) is 59.6. The monoisotopic (exact) mass is 563 g/mol. The third kappa shape index (κ3) is 4.83. The summed E-state index contributed by atoms with van der Waals surface area (Å²) in [7, 11) is 0. The van der Waals surface area contributed by atoms with Gasteiger partial charge in [-0.2, -0.15) is 0 Å². The van der Waals surface area contributed by atoms with Crippen LogP contribution in [-0.2, 0) is 0 Å². The molecule has 8 aromatic rings. The Morgan fingerprint density at radius 3 is 1.34 bits per heavy atom. The molecule has 1 aromatic heterocycles. The summed E-state index contributed by atoms with van der Waals surface area (Å²) in [5.74, 6) is 0. The molecule has 8 rings (SSSR count). The maximum Gasteiger partial charge on any atom is 0.143 e. The van der Waals surface area contributed by atoms with E-state index in [9.17, 15) is 0 Å². The zero-order chi connectivity index (χ0) is 29.3. The minimum atomic E-state index is 0.917. The van der Waals surface area contributed by atoms with Crippen molar-refractivity contribution in [1.82, 2.24) is 0 Å². The second kappa shape index (κ2) is 11.1. The van der Waals surface area contributed by atoms with Gasteiger partial charge in [-0.15, -0.1) is 0 Å². The van der Waals surface area contributed by atoms with Crippen LogP contribution in [0.15, 0.2) is 174 Å². The first-order chi connectivity index (χ1) is 21.8. The van der Waals surface area contributed by atoms with Crippen LogP contribution in [0.5, 0.6) is 0 Å². The van der Waals surface area contributed by atoms with Crippen LogP contribution in [0.1, 0.15) is 0 Å². The summed E-state index contributed by atoms with van der Waals surface area (Å²) in [6.07, 6.45) is 0. The Kier molecular flexibility index (Phi) is 6.51. The molecular formula is C42H29NO. The van der Waals surface area contributed by atoms with E-state index in [1.165, 1.54) is 22.3 Å². The first-order valence-electron chi connectivity index (χ1n) is 14.9. The van der Waals surface area contributed by atoms with Gasteiger partial charge in [0.2, 0.25) is 0 Å². The molecule has 0 radical (unpaired) electrons. The lowest BCUT2D eigenvalue weighted by atomic mass is 9.97. The molecule has 0 spiro atoms. The van der Waals surface area contributed by atoms with Gasteiger partial charge in [0.1, 0.15) is 11.2 Å². The van der Waals surface area contributed by atoms with E-state index in [0.29, 0.717) is 0 Å². The quantitative estimate of drug-likeness (QED) is 0.218. The van der Waals surface area contributed by atoms with Gasteiger partial charge in [-0.3, -0.25) is 0 Å². The highest BCUT2D eigenvalue weighted by Gasteiger charge is 2.15. The molecule has 44 heavy (non-hydrogen) atoms. The van der Waals surface area contributed by atoms with Gasteiger partial charge in [0.25, 0.3) is 0 Å². The Labute approximate surface area is 256 Å². The van der Waals surface area contributed by atoms with Crippen LogP contribution in [0.3, 0.4) is 0 Å². The largest absolute Gasteiger partial charge is 0.455 e. The van der Waals surface area contributed by atoms with Gasteiger partial charge in [0.05, 0.1) is 0 Å². The molecule has 0 amide bonds. The smallest absolute Gasteiger partial charge is 0.143 e. The fourth-order valence-corrected chi connectivity index (χ4v) is 6.05. The normalized spacial score (nSPS) is 11.2. The third-order valence-electron chi connectivity index (χ3n) is 8.28. The average molecular weight is 564 g/mol. The Bertz CT molecular complexity index is 2210. The first-order valence-corrected chi connectivity index (χ1v) is 14.9. The van der Waals surface area contributed by atoms with Crippen LogP contribution < -0.4 is 5.32 Å². The van der Waals surface area contributed by atoms with E-state index in [4.69, 9.17) is 4.42 Å². The second-order valence-corrected chi connectivity index (χ2v) is 11.1. The van der Waals surface area contributed by atoms with Gasteiger partial charge >= 0.3 is 0 Å². The molecule has 0 aliphatic rings. The molecule has 0 aliphatic heterocycles. The van der Waals surface area contributed by atoms with E-state index in [2.05, 4.69) is 163 Å². The highest BCUT2D eigenvalue weighted by atomic mass is 16.3. The molecule has 1 heterocycles. The van der Waals surface area contributed by atoms with Crippen molar-refractivity contribution < 1.29 is 4.42 Å². The van der Waals surface area contributed by atoms with Crippen molar-refractivity contribution in [2.75, 3.05) is 5.32 Å². The second-order valence-electron chi connectivity index (χ2n) is 11.1. The van der Waals surface area contributed by atoms with Crippen LogP contribution in [0.4, 0.5) is 11.4 Å². The molecule has 208 valence electrons. The lowest BCUT2D eigenvalue weighted by Crippen LogP contribution is -1.90. The Morgan fingerprint density at radius 1 is 0.318 bits per heavy atom. The first kappa shape index (κ1) is 25.8. The summed E-state index contributed by atoms with van der Waals surface area (Å²) in [6.45, 7) is 0. The number of hydrogen-bond acceptors (Lipinski definition) is 2. The van der Waals surface area contributed by atoms with Crippen LogP contribution in [0.25, 0.3) is 66.4 Å². The lowest BCUT2D eigenvalue weighted by Gasteiger charge is -2.10. The van der Waals surface area contributed by atoms with Gasteiger partial charge in [0, 0.05) is 33.3 Å². The van der Waals surface area contributed by atoms with Crippen LogP contribution in [0.2, 0.25) is 0 Å². The van der Waals surface area contributed by atoms with Crippen molar-refractivity contribution in [1.29, 1.82) is 0 Å². The van der Waals surface area contributed by atoms with E-state index in [0.717, 1.165) is 55.6 Å². The van der Waals surface area contributed by atoms with Crippen molar-refractivity contribution in [3.05, 3.63) is 170 Å².